The van der Waals surface area contributed by atoms with Crippen LogP contribution in [0.1, 0.15) is 73.6 Å². The van der Waals surface area contributed by atoms with Gasteiger partial charge in [-0.25, -0.2) is 18.7 Å². The molecule has 10 nitrogen and oxygen atoms in total. The van der Waals surface area contributed by atoms with Crippen LogP contribution in [-0.4, -0.2) is 70.4 Å². The van der Waals surface area contributed by atoms with Crippen LogP contribution < -0.4 is 10.1 Å². The number of rotatable bonds is 14. The van der Waals surface area contributed by atoms with Crippen molar-refractivity contribution in [3.05, 3.63) is 58.9 Å². The Morgan fingerprint density at radius 1 is 1.16 bits per heavy atom. The van der Waals surface area contributed by atoms with Crippen molar-refractivity contribution in [2.45, 2.75) is 77.7 Å². The highest BCUT2D eigenvalue weighted by Crippen LogP contribution is 2.33. The molecule has 1 N–H and O–H groups in total. The van der Waals surface area contributed by atoms with Gasteiger partial charge in [0.05, 0.1) is 12.3 Å². The van der Waals surface area contributed by atoms with Gasteiger partial charge in [-0.2, -0.15) is 0 Å². The number of carbonyl (C=O) groups excluding carboxylic acids is 2. The van der Waals surface area contributed by atoms with E-state index in [9.17, 15) is 14.0 Å². The zero-order chi connectivity index (χ0) is 31.1. The predicted octanol–water partition coefficient (Wildman–Crippen LogP) is 5.48. The average Bonchev–Trinajstić information content (AvgIpc) is 3.35. The number of imidazole rings is 1. The maximum absolute atomic E-state index is 15.3. The Kier molecular flexibility index (Phi) is 10.5. The fourth-order valence-electron chi connectivity index (χ4n) is 5.34. The van der Waals surface area contributed by atoms with Crippen molar-refractivity contribution in [2.24, 2.45) is 0 Å². The lowest BCUT2D eigenvalue weighted by Crippen LogP contribution is -2.35. The predicted molar refractivity (Wildman–Crippen MR) is 159 cm³/mol. The number of ether oxygens (including phenoxy) is 3. The number of nitrogens with zero attached hydrogens (tertiary/aromatic N) is 4. The fourth-order valence-corrected chi connectivity index (χ4v) is 5.34. The number of hydrogen-bond donors (Lipinski definition) is 1. The van der Waals surface area contributed by atoms with Crippen LogP contribution in [0.4, 0.5) is 14.6 Å². The first-order valence-corrected chi connectivity index (χ1v) is 15.3. The first-order chi connectivity index (χ1) is 21.4. The molecule has 1 unspecified atom stereocenters. The lowest BCUT2D eigenvalue weighted by molar-refractivity contribution is -0.162. The number of aromatic nitrogens is 3. The standard InChI is InChI=1S/C32H39F2N5O5/c1-3-38(15-7-17-43-27-10-4-5-16-42-27)32(41)28-29(35-20-40)37-30(39(28)19-22-11-13-23(33)14-12-22)25-18-26(34)31(36-21(25)2)44-24-8-6-9-24/h11-14,18,20,24,27H,3-10,15-17,19H2,1-2H3,(H,35,40). The van der Waals surface area contributed by atoms with Gasteiger partial charge in [0.2, 0.25) is 6.41 Å². The number of pyridine rings is 1. The Labute approximate surface area is 255 Å². The Morgan fingerprint density at radius 3 is 2.61 bits per heavy atom. The summed E-state index contributed by atoms with van der Waals surface area (Å²) in [6.45, 7) is 5.57. The summed E-state index contributed by atoms with van der Waals surface area (Å²) in [6.07, 6.45) is 6.42. The highest BCUT2D eigenvalue weighted by molar-refractivity contribution is 6.00. The third-order valence-corrected chi connectivity index (χ3v) is 8.01. The maximum atomic E-state index is 15.3. The largest absolute Gasteiger partial charge is 0.472 e. The lowest BCUT2D eigenvalue weighted by atomic mass is 9.96. The fraction of sp³-hybridized carbons (Fsp3) is 0.500. The van der Waals surface area contributed by atoms with Gasteiger partial charge in [-0.15, -0.1) is 0 Å². The summed E-state index contributed by atoms with van der Waals surface area (Å²) in [6, 6.07) is 7.14. The van der Waals surface area contributed by atoms with Gasteiger partial charge in [-0.05, 0) is 82.6 Å². The minimum absolute atomic E-state index is 0.0296. The number of nitrogens with one attached hydrogen (secondary N) is 1. The maximum Gasteiger partial charge on any atom is 0.274 e. The number of hydrogen-bond acceptors (Lipinski definition) is 7. The van der Waals surface area contributed by atoms with Crippen LogP contribution >= 0.6 is 0 Å². The number of anilines is 1. The molecule has 3 heterocycles. The molecular formula is C32H39F2N5O5. The molecule has 1 saturated carbocycles. The van der Waals surface area contributed by atoms with E-state index in [-0.39, 0.29) is 48.1 Å². The molecule has 1 aromatic carbocycles. The van der Waals surface area contributed by atoms with E-state index in [1.807, 2.05) is 6.92 Å². The van der Waals surface area contributed by atoms with Crippen molar-refractivity contribution >= 4 is 18.1 Å². The zero-order valence-electron chi connectivity index (χ0n) is 25.2. The third kappa shape index (κ3) is 7.41. The van der Waals surface area contributed by atoms with E-state index in [4.69, 9.17) is 14.2 Å². The molecule has 1 saturated heterocycles. The Morgan fingerprint density at radius 2 is 1.95 bits per heavy atom. The molecule has 0 spiro atoms. The molecule has 1 aliphatic carbocycles. The van der Waals surface area contributed by atoms with E-state index in [0.717, 1.165) is 38.5 Å². The van der Waals surface area contributed by atoms with Crippen molar-refractivity contribution < 1.29 is 32.6 Å². The monoisotopic (exact) mass is 611 g/mol. The first-order valence-electron chi connectivity index (χ1n) is 15.3. The number of aryl methyl sites for hydroxylation is 1. The van der Waals surface area contributed by atoms with Gasteiger partial charge in [0.1, 0.15) is 17.7 Å². The Hall–Kier alpha value is -3.90. The lowest BCUT2D eigenvalue weighted by Gasteiger charge is -2.26. The van der Waals surface area contributed by atoms with E-state index >= 15 is 4.39 Å². The molecule has 0 bridgehead atoms. The molecule has 3 aromatic rings. The normalized spacial score (nSPS) is 16.8. The topological polar surface area (TPSA) is 108 Å². The van der Waals surface area contributed by atoms with Crippen LogP contribution in [0.3, 0.4) is 0 Å². The number of halogens is 2. The molecule has 1 aliphatic heterocycles. The third-order valence-electron chi connectivity index (χ3n) is 8.01. The Bertz CT molecular complexity index is 1440. The number of amides is 2. The van der Waals surface area contributed by atoms with Crippen LogP contribution in [0.15, 0.2) is 30.3 Å². The molecular weight excluding hydrogens is 572 g/mol. The van der Waals surface area contributed by atoms with Gasteiger partial charge in [-0.1, -0.05) is 12.1 Å². The quantitative estimate of drug-likeness (QED) is 0.190. The molecule has 2 fully saturated rings. The molecule has 2 aliphatic rings. The van der Waals surface area contributed by atoms with Crippen LogP contribution in [-0.2, 0) is 20.8 Å². The second-order valence-corrected chi connectivity index (χ2v) is 11.1. The van der Waals surface area contributed by atoms with Crippen LogP contribution in [0.5, 0.6) is 5.88 Å². The van der Waals surface area contributed by atoms with Gasteiger partial charge < -0.3 is 29.0 Å². The van der Waals surface area contributed by atoms with Crippen LogP contribution in [0.25, 0.3) is 11.4 Å². The summed E-state index contributed by atoms with van der Waals surface area (Å²) in [5.41, 5.74) is 1.57. The van der Waals surface area contributed by atoms with E-state index < -0.39 is 11.6 Å². The van der Waals surface area contributed by atoms with Crippen molar-refractivity contribution in [3.8, 4) is 17.3 Å². The smallest absolute Gasteiger partial charge is 0.274 e. The van der Waals surface area contributed by atoms with Gasteiger partial charge in [0, 0.05) is 31.8 Å². The van der Waals surface area contributed by atoms with Gasteiger partial charge >= 0.3 is 0 Å². The highest BCUT2D eigenvalue weighted by Gasteiger charge is 2.30. The molecule has 2 amide bonds. The zero-order valence-corrected chi connectivity index (χ0v) is 25.2. The second kappa shape index (κ2) is 14.7. The molecule has 1 atom stereocenters. The second-order valence-electron chi connectivity index (χ2n) is 11.1. The van der Waals surface area contributed by atoms with Crippen molar-refractivity contribution in [1.29, 1.82) is 0 Å². The minimum Gasteiger partial charge on any atom is -0.472 e. The van der Waals surface area contributed by atoms with Gasteiger partial charge in [0.15, 0.2) is 23.6 Å². The molecule has 0 radical (unpaired) electrons. The molecule has 12 heteroatoms. The van der Waals surface area contributed by atoms with Crippen molar-refractivity contribution in [1.82, 2.24) is 19.4 Å². The van der Waals surface area contributed by atoms with E-state index in [0.29, 0.717) is 56.0 Å². The molecule has 5 rings (SSSR count). The van der Waals surface area contributed by atoms with Gasteiger partial charge in [0.25, 0.3) is 11.8 Å². The summed E-state index contributed by atoms with van der Waals surface area (Å²) in [5, 5.41) is 2.56. The summed E-state index contributed by atoms with van der Waals surface area (Å²) >= 11 is 0. The number of carbonyl (C=O) groups is 2. The van der Waals surface area contributed by atoms with E-state index in [1.54, 1.807) is 28.5 Å². The van der Waals surface area contributed by atoms with Crippen molar-refractivity contribution in [2.75, 3.05) is 31.6 Å². The SMILES string of the molecule is CCN(CCCOC1CCCCO1)C(=O)c1c(NC=O)nc(-c2cc(F)c(OC3CCC3)nc2C)n1Cc1ccc(F)cc1. The minimum atomic E-state index is -0.649. The van der Waals surface area contributed by atoms with E-state index in [2.05, 4.69) is 15.3 Å². The summed E-state index contributed by atoms with van der Waals surface area (Å²) in [4.78, 5) is 36.4. The summed E-state index contributed by atoms with van der Waals surface area (Å²) in [7, 11) is 0. The van der Waals surface area contributed by atoms with Crippen molar-refractivity contribution in [3.63, 3.8) is 0 Å². The summed E-state index contributed by atoms with van der Waals surface area (Å²) < 4.78 is 47.9. The molecule has 44 heavy (non-hydrogen) atoms. The van der Waals surface area contributed by atoms with E-state index in [1.165, 1.54) is 18.2 Å². The first kappa shape index (κ1) is 31.5. The average molecular weight is 612 g/mol. The van der Waals surface area contributed by atoms with Crippen LogP contribution in [0, 0.1) is 18.6 Å². The molecule has 236 valence electrons. The summed E-state index contributed by atoms with van der Waals surface area (Å²) in [5.74, 6) is -1.24. The van der Waals surface area contributed by atoms with Crippen LogP contribution in [0.2, 0.25) is 0 Å². The molecule has 2 aromatic heterocycles. The highest BCUT2D eigenvalue weighted by atomic mass is 19.1. The van der Waals surface area contributed by atoms with Gasteiger partial charge in [-0.3, -0.25) is 9.59 Å². The number of benzene rings is 1. The Balaban J connectivity index is 1.48.